The molecular formula is C26H28N4O4S2. The second kappa shape index (κ2) is 11.8. The number of pyridine rings is 1. The smallest absolute Gasteiger partial charge is 0.267 e. The first-order valence-corrected chi connectivity index (χ1v) is 12.9. The maximum Gasteiger partial charge on any atom is 0.267 e. The van der Waals surface area contributed by atoms with Gasteiger partial charge in [-0.25, -0.2) is 4.98 Å². The lowest BCUT2D eigenvalue weighted by molar-refractivity contribution is -0.122. The van der Waals surface area contributed by atoms with Crippen LogP contribution >= 0.6 is 24.0 Å². The van der Waals surface area contributed by atoms with Crippen LogP contribution in [0.15, 0.2) is 58.4 Å². The van der Waals surface area contributed by atoms with Gasteiger partial charge in [-0.05, 0) is 43.5 Å². The Balaban J connectivity index is 1.67. The van der Waals surface area contributed by atoms with E-state index in [1.165, 1.54) is 9.30 Å². The van der Waals surface area contributed by atoms with Gasteiger partial charge in [-0.3, -0.25) is 18.9 Å². The number of hydrogen-bond acceptors (Lipinski definition) is 8. The van der Waals surface area contributed by atoms with E-state index >= 15 is 0 Å². The Hall–Kier alpha value is -3.05. The van der Waals surface area contributed by atoms with Crippen molar-refractivity contribution in [3.8, 4) is 0 Å². The van der Waals surface area contributed by atoms with Crippen LogP contribution in [0, 0.1) is 6.92 Å². The Bertz CT molecular complexity index is 1360. The highest BCUT2D eigenvalue weighted by atomic mass is 32.2. The number of benzene rings is 1. The number of aromatic nitrogens is 2. The first kappa shape index (κ1) is 26.0. The zero-order valence-corrected chi connectivity index (χ0v) is 21.8. The van der Waals surface area contributed by atoms with E-state index in [2.05, 4.69) is 10.3 Å². The fourth-order valence-electron chi connectivity index (χ4n) is 3.86. The molecule has 1 amide bonds. The van der Waals surface area contributed by atoms with Crippen molar-refractivity contribution in [2.45, 2.75) is 26.4 Å². The minimum Gasteiger partial charge on any atom is -0.387 e. The summed E-state index contributed by atoms with van der Waals surface area (Å²) in [5.74, 6) is 0.0522. The number of thioether (sulfide) groups is 1. The molecule has 36 heavy (non-hydrogen) atoms. The molecule has 3 aromatic rings. The second-order valence-corrected chi connectivity index (χ2v) is 9.93. The molecule has 1 aromatic carbocycles. The van der Waals surface area contributed by atoms with Crippen molar-refractivity contribution in [1.82, 2.24) is 14.3 Å². The number of nitrogens with one attached hydrogen (secondary N) is 1. The normalized spacial score (nSPS) is 15.8. The third-order valence-electron chi connectivity index (χ3n) is 5.76. The maximum atomic E-state index is 13.5. The molecule has 0 aliphatic carbocycles. The summed E-state index contributed by atoms with van der Waals surface area (Å²) in [6.07, 6.45) is 3.05. The molecule has 0 radical (unpaired) electrons. The fraction of sp³-hybridized carbons (Fsp3) is 0.308. The number of aryl methyl sites for hydroxylation is 1. The van der Waals surface area contributed by atoms with Crippen molar-refractivity contribution in [2.24, 2.45) is 0 Å². The number of anilines is 1. The Kier molecular flexibility index (Phi) is 8.52. The van der Waals surface area contributed by atoms with E-state index < -0.39 is 6.10 Å². The van der Waals surface area contributed by atoms with Gasteiger partial charge in [0.15, 0.2) is 0 Å². The summed E-state index contributed by atoms with van der Waals surface area (Å²) in [4.78, 5) is 33.2. The van der Waals surface area contributed by atoms with Gasteiger partial charge in [0.2, 0.25) is 0 Å². The van der Waals surface area contributed by atoms with E-state index in [4.69, 9.17) is 17.0 Å². The molecule has 1 aliphatic rings. The average molecular weight is 525 g/mol. The lowest BCUT2D eigenvalue weighted by Gasteiger charge is -2.16. The lowest BCUT2D eigenvalue weighted by atomic mass is 10.1. The van der Waals surface area contributed by atoms with Gasteiger partial charge in [-0.2, -0.15) is 0 Å². The summed E-state index contributed by atoms with van der Waals surface area (Å²) < 4.78 is 7.27. The van der Waals surface area contributed by atoms with Crippen molar-refractivity contribution in [1.29, 1.82) is 0 Å². The summed E-state index contributed by atoms with van der Waals surface area (Å²) in [5, 5.41) is 13.8. The number of carbonyl (C=O) groups excluding carboxylic acids is 1. The molecule has 0 saturated carbocycles. The molecular weight excluding hydrogens is 496 g/mol. The minimum absolute atomic E-state index is 0.137. The molecule has 0 bridgehead atoms. The van der Waals surface area contributed by atoms with E-state index in [1.807, 2.05) is 50.2 Å². The number of aliphatic hydroxyl groups excluding tert-OH is 1. The van der Waals surface area contributed by atoms with Crippen molar-refractivity contribution in [2.75, 3.05) is 31.6 Å². The molecule has 0 unspecified atom stereocenters. The van der Waals surface area contributed by atoms with Crippen LogP contribution < -0.4 is 10.9 Å². The topological polar surface area (TPSA) is 96.2 Å². The monoisotopic (exact) mass is 524 g/mol. The Morgan fingerprint density at radius 1 is 1.22 bits per heavy atom. The van der Waals surface area contributed by atoms with Gasteiger partial charge in [-0.1, -0.05) is 60.4 Å². The molecule has 2 N–H and O–H groups in total. The highest BCUT2D eigenvalue weighted by molar-refractivity contribution is 8.26. The number of amides is 1. The van der Waals surface area contributed by atoms with E-state index in [-0.39, 0.29) is 23.6 Å². The molecule has 10 heteroatoms. The number of aliphatic hydroxyl groups is 1. The van der Waals surface area contributed by atoms with Crippen LogP contribution in [0.3, 0.4) is 0 Å². The molecule has 4 rings (SSSR count). The lowest BCUT2D eigenvalue weighted by Crippen LogP contribution is -2.29. The standard InChI is InChI=1S/C26H28N4O4S2/c1-3-34-14-8-13-30-25(33)21(36-26(30)35)15-19-22(27-16-20(31)18-10-5-4-6-11-18)28-23-17(2)9-7-12-29(23)24(19)32/h4-7,9-12,15,20,27,31H,3,8,13-14,16H2,1-2H3/b21-15-/t20-/m1/s1. The Labute approximate surface area is 219 Å². The highest BCUT2D eigenvalue weighted by Crippen LogP contribution is 2.33. The molecule has 1 atom stereocenters. The van der Waals surface area contributed by atoms with Gasteiger partial charge in [0.1, 0.15) is 15.8 Å². The summed E-state index contributed by atoms with van der Waals surface area (Å²) in [5.41, 5.74) is 1.98. The van der Waals surface area contributed by atoms with Crippen LogP contribution in [0.5, 0.6) is 0 Å². The van der Waals surface area contributed by atoms with Gasteiger partial charge in [0.25, 0.3) is 11.5 Å². The molecule has 188 valence electrons. The van der Waals surface area contributed by atoms with Crippen LogP contribution in [-0.2, 0) is 9.53 Å². The summed E-state index contributed by atoms with van der Waals surface area (Å²) in [6, 6.07) is 12.9. The number of fused-ring (bicyclic) bond motifs is 1. The van der Waals surface area contributed by atoms with Crippen molar-refractivity contribution < 1.29 is 14.6 Å². The first-order chi connectivity index (χ1) is 17.4. The molecule has 1 saturated heterocycles. The van der Waals surface area contributed by atoms with Gasteiger partial charge in [0.05, 0.1) is 16.6 Å². The van der Waals surface area contributed by atoms with Crippen LogP contribution in [0.1, 0.15) is 36.1 Å². The largest absolute Gasteiger partial charge is 0.387 e. The number of thiocarbonyl (C=S) groups is 1. The van der Waals surface area contributed by atoms with E-state index in [9.17, 15) is 14.7 Å². The van der Waals surface area contributed by atoms with Crippen molar-refractivity contribution >= 4 is 51.7 Å². The van der Waals surface area contributed by atoms with E-state index in [1.54, 1.807) is 18.3 Å². The zero-order valence-electron chi connectivity index (χ0n) is 20.1. The molecule has 0 spiro atoms. The molecule has 8 nitrogen and oxygen atoms in total. The third-order valence-corrected chi connectivity index (χ3v) is 7.13. The number of rotatable bonds is 10. The number of ether oxygens (including phenoxy) is 1. The van der Waals surface area contributed by atoms with E-state index in [0.717, 1.165) is 22.9 Å². The summed E-state index contributed by atoms with van der Waals surface area (Å²) in [6.45, 7) is 5.54. The SMILES string of the molecule is CCOCCCN1C(=O)/C(=C/c2c(NC[C@@H](O)c3ccccc3)nc3c(C)cccn3c2=O)SC1=S. The van der Waals surface area contributed by atoms with Crippen molar-refractivity contribution in [3.63, 3.8) is 0 Å². The quantitative estimate of drug-likeness (QED) is 0.235. The first-order valence-electron chi connectivity index (χ1n) is 11.7. The van der Waals surface area contributed by atoms with Crippen LogP contribution in [0.4, 0.5) is 5.82 Å². The molecule has 1 fully saturated rings. The molecule has 1 aliphatic heterocycles. The molecule has 2 aromatic heterocycles. The van der Waals surface area contributed by atoms with Crippen LogP contribution in [0.2, 0.25) is 0 Å². The number of nitrogens with zero attached hydrogens (tertiary/aromatic N) is 3. The summed E-state index contributed by atoms with van der Waals surface area (Å²) in [7, 11) is 0. The predicted octanol–water partition coefficient (Wildman–Crippen LogP) is 3.78. The Morgan fingerprint density at radius 3 is 2.75 bits per heavy atom. The second-order valence-electron chi connectivity index (χ2n) is 8.26. The van der Waals surface area contributed by atoms with E-state index in [0.29, 0.717) is 46.9 Å². The Morgan fingerprint density at radius 2 is 2.00 bits per heavy atom. The maximum absolute atomic E-state index is 13.5. The van der Waals surface area contributed by atoms with Gasteiger partial charge >= 0.3 is 0 Å². The zero-order chi connectivity index (χ0) is 25.7. The third kappa shape index (κ3) is 5.67. The van der Waals surface area contributed by atoms with Gasteiger partial charge in [0, 0.05) is 32.5 Å². The van der Waals surface area contributed by atoms with Crippen LogP contribution in [0.25, 0.3) is 11.7 Å². The summed E-state index contributed by atoms with van der Waals surface area (Å²) >= 11 is 6.59. The van der Waals surface area contributed by atoms with Crippen LogP contribution in [-0.4, -0.2) is 55.9 Å². The van der Waals surface area contributed by atoms with Gasteiger partial charge < -0.3 is 15.2 Å². The minimum atomic E-state index is -0.806. The van der Waals surface area contributed by atoms with Gasteiger partial charge in [-0.15, -0.1) is 0 Å². The fourth-order valence-corrected chi connectivity index (χ4v) is 5.15. The highest BCUT2D eigenvalue weighted by Gasteiger charge is 2.32. The number of carbonyl (C=O) groups is 1. The average Bonchev–Trinajstić information content (AvgIpc) is 3.15. The predicted molar refractivity (Wildman–Crippen MR) is 147 cm³/mol. The molecule has 3 heterocycles. The van der Waals surface area contributed by atoms with Crippen molar-refractivity contribution in [3.05, 3.63) is 80.6 Å². The number of hydrogen-bond donors (Lipinski definition) is 2.